The first kappa shape index (κ1) is 26.2. The Balaban J connectivity index is 1.40. The molecule has 0 saturated heterocycles. The first-order valence-corrected chi connectivity index (χ1v) is 13.8. The second-order valence-electron chi connectivity index (χ2n) is 10.7. The summed E-state index contributed by atoms with van der Waals surface area (Å²) in [5, 5.41) is 28.8. The van der Waals surface area contributed by atoms with Crippen molar-refractivity contribution < 1.29 is 9.44 Å². The zero-order chi connectivity index (χ0) is 26.5. The summed E-state index contributed by atoms with van der Waals surface area (Å²) in [6, 6.07) is 12.0. The van der Waals surface area contributed by atoms with Crippen molar-refractivity contribution in [3.8, 4) is 22.5 Å². The van der Waals surface area contributed by atoms with Crippen molar-refractivity contribution >= 4 is 5.78 Å². The molecule has 9 nitrogen and oxygen atoms in total. The highest BCUT2D eigenvalue weighted by atomic mass is 16.6. The molecule has 3 atom stereocenters. The van der Waals surface area contributed by atoms with Gasteiger partial charge in [0.2, 0.25) is 5.82 Å². The fourth-order valence-electron chi connectivity index (χ4n) is 5.96. The van der Waals surface area contributed by atoms with E-state index in [0.29, 0.717) is 12.5 Å². The molecule has 2 aliphatic rings. The van der Waals surface area contributed by atoms with Crippen molar-refractivity contribution in [1.29, 1.82) is 0 Å². The van der Waals surface area contributed by atoms with E-state index >= 15 is 0 Å². The zero-order valence-corrected chi connectivity index (χ0v) is 22.3. The summed E-state index contributed by atoms with van der Waals surface area (Å²) in [7, 11) is 0. The summed E-state index contributed by atoms with van der Waals surface area (Å²) in [5.74, 6) is 0.782. The van der Waals surface area contributed by atoms with E-state index < -0.39 is 4.65 Å². The number of nitrogens with zero attached hydrogens (tertiary/aromatic N) is 6. The quantitative estimate of drug-likeness (QED) is 0.225. The number of rotatable bonds is 9. The normalized spacial score (nSPS) is 23.8. The molecule has 1 saturated carbocycles. The van der Waals surface area contributed by atoms with Crippen molar-refractivity contribution in [3.63, 3.8) is 0 Å². The van der Waals surface area contributed by atoms with Gasteiger partial charge in [0.1, 0.15) is 18.0 Å². The number of tetrazole rings is 1. The van der Waals surface area contributed by atoms with E-state index in [1.807, 2.05) is 36.4 Å². The average molecular weight is 516 g/mol. The number of aromatic amines is 1. The number of allylic oxidation sites excluding steroid dienone is 1. The second-order valence-corrected chi connectivity index (χ2v) is 10.7. The molecule has 1 aliphatic heterocycles. The number of hydroxylamine groups is 3. The van der Waals surface area contributed by atoms with Gasteiger partial charge < -0.3 is 14.8 Å². The number of nitrogens with one attached hydrogen (secondary N) is 1. The van der Waals surface area contributed by atoms with Gasteiger partial charge in [0.25, 0.3) is 0 Å². The summed E-state index contributed by atoms with van der Waals surface area (Å²) in [6.07, 6.45) is 11.9. The highest BCUT2D eigenvalue weighted by Crippen LogP contribution is 2.37. The van der Waals surface area contributed by atoms with Gasteiger partial charge in [0.15, 0.2) is 6.67 Å². The van der Waals surface area contributed by atoms with E-state index in [9.17, 15) is 10.0 Å². The van der Waals surface area contributed by atoms with Crippen LogP contribution < -0.4 is 0 Å². The molecule has 9 heteroatoms. The molecule has 2 aromatic heterocycles. The maximum absolute atomic E-state index is 14.5. The Labute approximate surface area is 224 Å². The molecule has 200 valence electrons. The van der Waals surface area contributed by atoms with Crippen LogP contribution >= 0.6 is 0 Å². The van der Waals surface area contributed by atoms with Crippen LogP contribution in [0.3, 0.4) is 0 Å². The van der Waals surface area contributed by atoms with Crippen LogP contribution in [0.5, 0.6) is 0 Å². The molecule has 38 heavy (non-hydrogen) atoms. The topological polar surface area (TPSA) is 111 Å². The molecule has 1 fully saturated rings. The highest BCUT2D eigenvalue weighted by molar-refractivity contribution is 5.79. The molecule has 0 radical (unpaired) electrons. The summed E-state index contributed by atoms with van der Waals surface area (Å²) < 4.78 is -0.430. The Hall–Kier alpha value is -3.43. The Morgan fingerprint density at radius 1 is 1.13 bits per heavy atom. The number of pyridine rings is 1. The first-order chi connectivity index (χ1) is 18.5. The maximum atomic E-state index is 14.5. The first-order valence-electron chi connectivity index (χ1n) is 13.8. The number of ketones is 1. The van der Waals surface area contributed by atoms with Gasteiger partial charge in [0, 0.05) is 30.1 Å². The third-order valence-corrected chi connectivity index (χ3v) is 7.98. The monoisotopic (exact) mass is 515 g/mol. The molecule has 0 spiro atoms. The number of carbonyl (C=O) groups excluding carboxylic acids is 1. The minimum Gasteiger partial charge on any atom is -0.626 e. The second kappa shape index (κ2) is 11.5. The van der Waals surface area contributed by atoms with E-state index in [2.05, 4.69) is 43.6 Å². The summed E-state index contributed by atoms with van der Waals surface area (Å²) >= 11 is 0. The van der Waals surface area contributed by atoms with Crippen LogP contribution in [-0.4, -0.2) is 53.6 Å². The molecular formula is C29H37N7O2. The lowest BCUT2D eigenvalue weighted by Gasteiger charge is -2.42. The lowest BCUT2D eigenvalue weighted by Crippen LogP contribution is -2.47. The Bertz CT molecular complexity index is 1280. The van der Waals surface area contributed by atoms with Gasteiger partial charge in [-0.25, -0.2) is 0 Å². The largest absolute Gasteiger partial charge is 0.626 e. The number of hydrogen-bond acceptors (Lipinski definition) is 7. The minimum atomic E-state index is -0.430. The number of Topliss-reactive ketones (excluding diaryl/α,β-unsaturated/α-hetero) is 1. The third-order valence-electron chi connectivity index (χ3n) is 7.98. The van der Waals surface area contributed by atoms with E-state index in [-0.39, 0.29) is 24.3 Å². The molecule has 3 aromatic rings. The molecule has 1 N–H and O–H groups in total. The van der Waals surface area contributed by atoms with Crippen molar-refractivity contribution in [2.24, 2.45) is 5.92 Å². The van der Waals surface area contributed by atoms with Crippen LogP contribution in [0.1, 0.15) is 70.9 Å². The minimum absolute atomic E-state index is 0.000612. The smallest absolute Gasteiger partial charge is 0.204 e. The summed E-state index contributed by atoms with van der Waals surface area (Å²) in [5.41, 5.74) is 4.51. The van der Waals surface area contributed by atoms with Gasteiger partial charge in [-0.15, -0.1) is 10.2 Å². The van der Waals surface area contributed by atoms with Crippen LogP contribution in [0.25, 0.3) is 22.5 Å². The predicted octanol–water partition coefficient (Wildman–Crippen LogP) is 5.59. The molecule has 3 heterocycles. The Morgan fingerprint density at radius 3 is 2.74 bits per heavy atom. The van der Waals surface area contributed by atoms with Crippen LogP contribution in [0.15, 0.2) is 54.5 Å². The van der Waals surface area contributed by atoms with Gasteiger partial charge in [-0.05, 0) is 60.7 Å². The fourth-order valence-corrected chi connectivity index (χ4v) is 5.96. The SMILES string of the molecule is CCCCC1=CN(C2CCCCCC2C(C)=O)C[N+]1([O-])Cc1cc(-c2cccc(-c3nn[nH]n3)c2)ccn1. The third kappa shape index (κ3) is 5.68. The van der Waals surface area contributed by atoms with Crippen LogP contribution in [0, 0.1) is 11.1 Å². The lowest BCUT2D eigenvalue weighted by atomic mass is 9.90. The zero-order valence-electron chi connectivity index (χ0n) is 22.3. The van der Waals surface area contributed by atoms with Crippen molar-refractivity contribution in [1.82, 2.24) is 30.5 Å². The van der Waals surface area contributed by atoms with Gasteiger partial charge in [-0.3, -0.25) is 9.78 Å². The molecule has 0 bridgehead atoms. The number of hydrogen-bond donors (Lipinski definition) is 1. The van der Waals surface area contributed by atoms with Crippen LogP contribution in [-0.2, 0) is 11.3 Å². The van der Waals surface area contributed by atoms with E-state index in [4.69, 9.17) is 0 Å². The molecule has 3 unspecified atom stereocenters. The van der Waals surface area contributed by atoms with Crippen molar-refractivity contribution in [3.05, 3.63) is 65.4 Å². The molecule has 5 rings (SSSR count). The number of unbranched alkanes of at least 4 members (excludes halogenated alkanes) is 1. The van der Waals surface area contributed by atoms with Crippen molar-refractivity contribution in [2.75, 3.05) is 6.67 Å². The van der Waals surface area contributed by atoms with Crippen molar-refractivity contribution in [2.45, 2.75) is 77.8 Å². The highest BCUT2D eigenvalue weighted by Gasteiger charge is 2.40. The van der Waals surface area contributed by atoms with E-state index in [0.717, 1.165) is 79.4 Å². The van der Waals surface area contributed by atoms with Gasteiger partial charge >= 0.3 is 0 Å². The Morgan fingerprint density at radius 2 is 1.95 bits per heavy atom. The lowest BCUT2D eigenvalue weighted by molar-refractivity contribution is -0.860. The van der Waals surface area contributed by atoms with Gasteiger partial charge in [0.05, 0.1) is 11.9 Å². The Kier molecular flexibility index (Phi) is 7.95. The summed E-state index contributed by atoms with van der Waals surface area (Å²) in [4.78, 5) is 19.3. The van der Waals surface area contributed by atoms with Crippen LogP contribution in [0.2, 0.25) is 0 Å². The van der Waals surface area contributed by atoms with Gasteiger partial charge in [-0.1, -0.05) is 50.8 Å². The molecule has 0 amide bonds. The van der Waals surface area contributed by atoms with E-state index in [1.54, 1.807) is 13.1 Å². The number of carbonyl (C=O) groups is 1. The molecule has 1 aromatic carbocycles. The average Bonchev–Trinajstić information content (AvgIpc) is 3.48. The standard InChI is InChI=1S/C29H37N7O2/c1-3-4-11-26-18-35(28-13-7-5-6-12-27(28)21(2)37)20-36(26,38)19-25-17-23(14-15-30-25)22-9-8-10-24(16-22)29-31-33-34-32-29/h8-10,14-18,27-28H,3-7,11-13,19-20H2,1-2H3,(H,31,32,33,34). The molecular weight excluding hydrogens is 478 g/mol. The van der Waals surface area contributed by atoms with Crippen LogP contribution in [0.4, 0.5) is 0 Å². The fraction of sp³-hybridized carbons (Fsp3) is 0.483. The number of H-pyrrole nitrogens is 1. The maximum Gasteiger partial charge on any atom is 0.204 e. The predicted molar refractivity (Wildman–Crippen MR) is 146 cm³/mol. The summed E-state index contributed by atoms with van der Waals surface area (Å²) in [6.45, 7) is 4.47. The number of benzene rings is 1. The number of aromatic nitrogens is 5. The van der Waals surface area contributed by atoms with Gasteiger partial charge in [-0.2, -0.15) is 5.21 Å². The number of quaternary nitrogens is 1. The van der Waals surface area contributed by atoms with E-state index in [1.165, 1.54) is 0 Å². The molecule has 1 aliphatic carbocycles.